The number of nitrogens with two attached hydrogens (primary N) is 1. The average Bonchev–Trinajstić information content (AvgIpc) is 2.78. The van der Waals surface area contributed by atoms with E-state index in [1.807, 2.05) is 0 Å². The van der Waals surface area contributed by atoms with Crippen LogP contribution in [-0.4, -0.2) is 16.8 Å². The van der Waals surface area contributed by atoms with E-state index in [9.17, 15) is 22.8 Å². The number of amides is 2. The number of benzene rings is 3. The first kappa shape index (κ1) is 21.0. The molecule has 0 aliphatic carbocycles. The highest BCUT2D eigenvalue weighted by Crippen LogP contribution is 2.34. The molecule has 32 heavy (non-hydrogen) atoms. The van der Waals surface area contributed by atoms with Crippen molar-refractivity contribution in [3.8, 4) is 11.1 Å². The minimum absolute atomic E-state index is 0.108. The van der Waals surface area contributed by atoms with Gasteiger partial charge in [0.25, 0.3) is 5.91 Å². The van der Waals surface area contributed by atoms with E-state index in [4.69, 9.17) is 5.73 Å². The fourth-order valence-corrected chi connectivity index (χ4v) is 3.31. The number of anilines is 1. The number of fused-ring (bicyclic) bond motifs is 1. The zero-order valence-electron chi connectivity index (χ0n) is 16.5. The Hall–Kier alpha value is -4.20. The summed E-state index contributed by atoms with van der Waals surface area (Å²) in [4.78, 5) is 28.5. The maximum Gasteiger partial charge on any atom is 0.416 e. The van der Waals surface area contributed by atoms with Gasteiger partial charge >= 0.3 is 6.18 Å². The van der Waals surface area contributed by atoms with Gasteiger partial charge in [-0.05, 0) is 41.5 Å². The third kappa shape index (κ3) is 4.29. The van der Waals surface area contributed by atoms with E-state index in [2.05, 4.69) is 10.3 Å². The largest absolute Gasteiger partial charge is 0.416 e. The Balaban J connectivity index is 1.72. The van der Waals surface area contributed by atoms with E-state index in [1.165, 1.54) is 12.3 Å². The van der Waals surface area contributed by atoms with Crippen LogP contribution in [-0.2, 0) is 6.18 Å². The second kappa shape index (κ2) is 8.14. The number of primary amides is 1. The maximum absolute atomic E-state index is 13.3. The summed E-state index contributed by atoms with van der Waals surface area (Å²) in [5.41, 5.74) is 6.30. The molecular weight excluding hydrogens is 419 g/mol. The number of rotatable bonds is 4. The van der Waals surface area contributed by atoms with Crippen molar-refractivity contribution in [3.63, 3.8) is 0 Å². The van der Waals surface area contributed by atoms with Gasteiger partial charge in [0.15, 0.2) is 0 Å². The van der Waals surface area contributed by atoms with Crippen molar-refractivity contribution in [2.24, 2.45) is 5.73 Å². The van der Waals surface area contributed by atoms with E-state index in [1.54, 1.807) is 54.6 Å². The molecule has 1 aromatic heterocycles. The number of alkyl halides is 3. The number of nitrogens with one attached hydrogen (secondary N) is 1. The van der Waals surface area contributed by atoms with Crippen molar-refractivity contribution in [1.82, 2.24) is 4.98 Å². The highest BCUT2D eigenvalue weighted by atomic mass is 19.4. The summed E-state index contributed by atoms with van der Waals surface area (Å²) < 4.78 is 39.9. The number of halogens is 3. The third-order valence-corrected chi connectivity index (χ3v) is 4.90. The minimum Gasteiger partial charge on any atom is -0.366 e. The van der Waals surface area contributed by atoms with Crippen LogP contribution in [0.2, 0.25) is 0 Å². The first-order valence-electron chi connectivity index (χ1n) is 9.50. The normalized spacial score (nSPS) is 11.3. The summed E-state index contributed by atoms with van der Waals surface area (Å²) in [6.07, 6.45) is -3.27. The van der Waals surface area contributed by atoms with Gasteiger partial charge in [0.2, 0.25) is 5.91 Å². The number of nitrogens with zero attached hydrogens (tertiary/aromatic N) is 1. The lowest BCUT2D eigenvalue weighted by Gasteiger charge is -2.14. The van der Waals surface area contributed by atoms with Gasteiger partial charge in [0.1, 0.15) is 0 Å². The number of aromatic nitrogens is 1. The lowest BCUT2D eigenvalue weighted by Crippen LogP contribution is -2.15. The number of pyridine rings is 1. The Bertz CT molecular complexity index is 1340. The van der Waals surface area contributed by atoms with Crippen LogP contribution in [0.25, 0.3) is 22.0 Å². The summed E-state index contributed by atoms with van der Waals surface area (Å²) in [5.74, 6) is -1.31. The molecular formula is C24H16F3N3O2. The first-order valence-corrected chi connectivity index (χ1v) is 9.50. The van der Waals surface area contributed by atoms with Crippen LogP contribution in [0.3, 0.4) is 0 Å². The zero-order valence-corrected chi connectivity index (χ0v) is 16.5. The summed E-state index contributed by atoms with van der Waals surface area (Å²) in [6, 6.07) is 18.1. The molecule has 0 unspecified atom stereocenters. The molecule has 160 valence electrons. The van der Waals surface area contributed by atoms with Gasteiger partial charge in [0.05, 0.1) is 16.6 Å². The Kier molecular flexibility index (Phi) is 5.36. The topological polar surface area (TPSA) is 85.1 Å². The standard InChI is InChI=1S/C24H16F3N3O2/c25-24(26,27)17-7-9-19(14-4-2-1-3-5-14)20(11-17)23(32)30-18-8-6-15-10-16(22(28)31)13-29-21(15)12-18/h1-13H,(H2,28,31)(H,30,32). The highest BCUT2D eigenvalue weighted by Gasteiger charge is 2.32. The molecule has 4 aromatic rings. The van der Waals surface area contributed by atoms with Crippen molar-refractivity contribution in [1.29, 1.82) is 0 Å². The van der Waals surface area contributed by atoms with Crippen LogP contribution in [0, 0.1) is 0 Å². The van der Waals surface area contributed by atoms with Crippen LogP contribution in [0.1, 0.15) is 26.3 Å². The molecule has 5 nitrogen and oxygen atoms in total. The monoisotopic (exact) mass is 435 g/mol. The van der Waals surface area contributed by atoms with Gasteiger partial charge in [0, 0.05) is 22.8 Å². The summed E-state index contributed by atoms with van der Waals surface area (Å²) in [5, 5.41) is 3.27. The molecule has 2 amide bonds. The molecule has 4 rings (SSSR count). The number of hydrogen-bond acceptors (Lipinski definition) is 3. The molecule has 0 aliphatic heterocycles. The molecule has 0 aliphatic rings. The van der Waals surface area contributed by atoms with E-state index in [-0.39, 0.29) is 11.1 Å². The molecule has 0 saturated carbocycles. The van der Waals surface area contributed by atoms with Crippen molar-refractivity contribution >= 4 is 28.4 Å². The molecule has 0 spiro atoms. The van der Waals surface area contributed by atoms with E-state index in [0.717, 1.165) is 12.1 Å². The van der Waals surface area contributed by atoms with E-state index in [0.29, 0.717) is 27.7 Å². The summed E-state index contributed by atoms with van der Waals surface area (Å²) in [6.45, 7) is 0. The second-order valence-corrected chi connectivity index (χ2v) is 7.07. The maximum atomic E-state index is 13.3. The third-order valence-electron chi connectivity index (χ3n) is 4.90. The fraction of sp³-hybridized carbons (Fsp3) is 0.0417. The quantitative estimate of drug-likeness (QED) is 0.458. The van der Waals surface area contributed by atoms with Crippen LogP contribution < -0.4 is 11.1 Å². The van der Waals surface area contributed by atoms with Crippen molar-refractivity contribution < 1.29 is 22.8 Å². The highest BCUT2D eigenvalue weighted by molar-refractivity contribution is 6.09. The van der Waals surface area contributed by atoms with Gasteiger partial charge in [-0.1, -0.05) is 42.5 Å². The van der Waals surface area contributed by atoms with Crippen molar-refractivity contribution in [2.45, 2.75) is 6.18 Å². The van der Waals surface area contributed by atoms with Crippen LogP contribution in [0.15, 0.2) is 79.0 Å². The van der Waals surface area contributed by atoms with Gasteiger partial charge in [-0.3, -0.25) is 14.6 Å². The molecule has 0 atom stereocenters. The number of hydrogen-bond donors (Lipinski definition) is 2. The SMILES string of the molecule is NC(=O)c1cnc2cc(NC(=O)c3cc(C(F)(F)F)ccc3-c3ccccc3)ccc2c1. The summed E-state index contributed by atoms with van der Waals surface area (Å²) >= 11 is 0. The molecule has 0 bridgehead atoms. The van der Waals surface area contributed by atoms with Crippen molar-refractivity contribution in [3.05, 3.63) is 95.7 Å². The van der Waals surface area contributed by atoms with Gasteiger partial charge in [-0.15, -0.1) is 0 Å². The Labute approximate surface area is 180 Å². The molecule has 0 fully saturated rings. The Morgan fingerprint density at radius 3 is 2.34 bits per heavy atom. The van der Waals surface area contributed by atoms with Crippen LogP contribution in [0.4, 0.5) is 18.9 Å². The smallest absolute Gasteiger partial charge is 0.366 e. The summed E-state index contributed by atoms with van der Waals surface area (Å²) in [7, 11) is 0. The molecule has 0 saturated heterocycles. The molecule has 3 aromatic carbocycles. The lowest BCUT2D eigenvalue weighted by atomic mass is 9.96. The van der Waals surface area contributed by atoms with Crippen LogP contribution >= 0.6 is 0 Å². The lowest BCUT2D eigenvalue weighted by molar-refractivity contribution is -0.137. The number of carbonyl (C=O) groups is 2. The minimum atomic E-state index is -4.59. The van der Waals surface area contributed by atoms with Crippen molar-refractivity contribution in [2.75, 3.05) is 5.32 Å². The molecule has 0 radical (unpaired) electrons. The van der Waals surface area contributed by atoms with Gasteiger partial charge in [-0.25, -0.2) is 0 Å². The van der Waals surface area contributed by atoms with Crippen LogP contribution in [0.5, 0.6) is 0 Å². The average molecular weight is 435 g/mol. The Morgan fingerprint density at radius 2 is 1.66 bits per heavy atom. The first-order chi connectivity index (χ1) is 15.2. The second-order valence-electron chi connectivity index (χ2n) is 7.07. The molecule has 8 heteroatoms. The fourth-order valence-electron chi connectivity index (χ4n) is 3.31. The predicted molar refractivity (Wildman–Crippen MR) is 115 cm³/mol. The Morgan fingerprint density at radius 1 is 0.906 bits per heavy atom. The number of carbonyl (C=O) groups excluding carboxylic acids is 2. The predicted octanol–water partition coefficient (Wildman–Crippen LogP) is 5.27. The molecule has 3 N–H and O–H groups in total. The van der Waals surface area contributed by atoms with E-state index >= 15 is 0 Å². The zero-order chi connectivity index (χ0) is 22.9. The van der Waals surface area contributed by atoms with E-state index < -0.39 is 23.6 Å². The van der Waals surface area contributed by atoms with Gasteiger partial charge in [-0.2, -0.15) is 13.2 Å². The van der Waals surface area contributed by atoms with Gasteiger partial charge < -0.3 is 11.1 Å². The molecule has 1 heterocycles.